The predicted molar refractivity (Wildman–Crippen MR) is 102 cm³/mol. The Bertz CT molecular complexity index is 1070. The van der Waals surface area contributed by atoms with Gasteiger partial charge in [-0.25, -0.2) is 8.42 Å². The molecule has 1 aliphatic heterocycles. The number of carbonyl (C=O) groups excluding carboxylic acids is 1. The molecule has 3 N–H and O–H groups in total. The van der Waals surface area contributed by atoms with Gasteiger partial charge in [0.2, 0.25) is 5.91 Å². The summed E-state index contributed by atoms with van der Waals surface area (Å²) in [7, 11) is -3.74. The molecule has 0 saturated carbocycles. The van der Waals surface area contributed by atoms with E-state index in [9.17, 15) is 13.2 Å². The highest BCUT2D eigenvalue weighted by Crippen LogP contribution is 2.27. The van der Waals surface area contributed by atoms with Crippen LogP contribution in [0.15, 0.2) is 70.2 Å². The molecule has 2 heterocycles. The molecule has 0 saturated heterocycles. The van der Waals surface area contributed by atoms with Crippen molar-refractivity contribution in [2.75, 3.05) is 15.4 Å². The van der Waals surface area contributed by atoms with Crippen LogP contribution in [0.4, 0.5) is 17.1 Å². The van der Waals surface area contributed by atoms with Gasteiger partial charge in [-0.05, 0) is 60.2 Å². The number of anilines is 3. The maximum absolute atomic E-state index is 12.6. The van der Waals surface area contributed by atoms with E-state index in [1.54, 1.807) is 36.6 Å². The number of rotatable bonds is 6. The summed E-state index contributed by atoms with van der Waals surface area (Å²) in [5, 5.41) is 5.88. The largest absolute Gasteiger partial charge is 0.467 e. The fraction of sp³-hybridized carbons (Fsp3) is 0.105. The van der Waals surface area contributed by atoms with E-state index in [-0.39, 0.29) is 17.2 Å². The van der Waals surface area contributed by atoms with Crippen molar-refractivity contribution < 1.29 is 17.6 Å². The van der Waals surface area contributed by atoms with Crippen LogP contribution in [0.25, 0.3) is 0 Å². The lowest BCUT2D eigenvalue weighted by molar-refractivity contribution is -0.115. The number of nitrogens with one attached hydrogen (secondary N) is 3. The molecule has 0 radical (unpaired) electrons. The second-order valence-electron chi connectivity index (χ2n) is 6.16. The Kier molecular flexibility index (Phi) is 4.33. The van der Waals surface area contributed by atoms with Crippen molar-refractivity contribution in [3.05, 3.63) is 72.2 Å². The highest BCUT2D eigenvalue weighted by atomic mass is 32.2. The third-order valence-electron chi connectivity index (χ3n) is 4.20. The maximum atomic E-state index is 12.6. The molecule has 1 aliphatic rings. The molecule has 0 aliphatic carbocycles. The Balaban J connectivity index is 1.45. The third-order valence-corrected chi connectivity index (χ3v) is 5.58. The third kappa shape index (κ3) is 3.80. The number of sulfonamides is 1. The molecule has 1 aromatic heterocycles. The molecular formula is C19H17N3O4S. The van der Waals surface area contributed by atoms with Crippen molar-refractivity contribution in [2.24, 2.45) is 0 Å². The van der Waals surface area contributed by atoms with Gasteiger partial charge in [0.1, 0.15) is 5.76 Å². The number of hydrogen-bond acceptors (Lipinski definition) is 5. The molecular weight excluding hydrogens is 366 g/mol. The van der Waals surface area contributed by atoms with Crippen LogP contribution in [0.3, 0.4) is 0 Å². The van der Waals surface area contributed by atoms with Crippen LogP contribution in [0, 0.1) is 0 Å². The Morgan fingerprint density at radius 2 is 1.81 bits per heavy atom. The average Bonchev–Trinajstić information content (AvgIpc) is 3.28. The van der Waals surface area contributed by atoms with E-state index in [1.807, 2.05) is 12.1 Å². The van der Waals surface area contributed by atoms with Crippen molar-refractivity contribution in [3.63, 3.8) is 0 Å². The summed E-state index contributed by atoms with van der Waals surface area (Å²) in [5.74, 6) is 0.675. The van der Waals surface area contributed by atoms with Crippen molar-refractivity contribution >= 4 is 33.0 Å². The minimum Gasteiger partial charge on any atom is -0.467 e. The Morgan fingerprint density at radius 1 is 1.04 bits per heavy atom. The second-order valence-corrected chi connectivity index (χ2v) is 7.84. The smallest absolute Gasteiger partial charge is 0.261 e. The zero-order valence-electron chi connectivity index (χ0n) is 14.2. The molecule has 7 nitrogen and oxygen atoms in total. The van der Waals surface area contributed by atoms with Gasteiger partial charge in [0.05, 0.1) is 24.1 Å². The van der Waals surface area contributed by atoms with Crippen LogP contribution in [-0.4, -0.2) is 14.3 Å². The van der Waals surface area contributed by atoms with E-state index < -0.39 is 10.0 Å². The summed E-state index contributed by atoms with van der Waals surface area (Å²) in [6.07, 6.45) is 1.80. The molecule has 0 bridgehead atoms. The number of amides is 1. The summed E-state index contributed by atoms with van der Waals surface area (Å²) in [4.78, 5) is 11.5. The lowest BCUT2D eigenvalue weighted by atomic mass is 10.2. The molecule has 0 fully saturated rings. The van der Waals surface area contributed by atoms with E-state index in [0.717, 1.165) is 11.4 Å². The monoisotopic (exact) mass is 383 g/mol. The van der Waals surface area contributed by atoms with Gasteiger partial charge in [0, 0.05) is 17.1 Å². The summed E-state index contributed by atoms with van der Waals surface area (Å²) in [5.41, 5.74) is 2.64. The standard InChI is InChI=1S/C19H17N3O4S/c23-19-11-13-10-17(7-8-18(13)21-19)27(24,25)22-15-5-3-14(4-6-15)20-12-16-2-1-9-26-16/h1-10,20,22H,11-12H2,(H,21,23). The van der Waals surface area contributed by atoms with Gasteiger partial charge in [0.25, 0.3) is 10.0 Å². The van der Waals surface area contributed by atoms with E-state index in [0.29, 0.717) is 23.5 Å². The first-order valence-corrected chi connectivity index (χ1v) is 9.80. The van der Waals surface area contributed by atoms with Crippen molar-refractivity contribution in [1.82, 2.24) is 0 Å². The highest BCUT2D eigenvalue weighted by Gasteiger charge is 2.21. The van der Waals surface area contributed by atoms with Crippen LogP contribution in [0.1, 0.15) is 11.3 Å². The second kappa shape index (κ2) is 6.81. The van der Waals surface area contributed by atoms with Gasteiger partial charge in [-0.3, -0.25) is 9.52 Å². The topological polar surface area (TPSA) is 100 Å². The van der Waals surface area contributed by atoms with Crippen LogP contribution >= 0.6 is 0 Å². The molecule has 138 valence electrons. The van der Waals surface area contributed by atoms with Crippen molar-refractivity contribution in [2.45, 2.75) is 17.9 Å². The van der Waals surface area contributed by atoms with Gasteiger partial charge in [-0.2, -0.15) is 0 Å². The van der Waals surface area contributed by atoms with Gasteiger partial charge in [-0.15, -0.1) is 0 Å². The zero-order chi connectivity index (χ0) is 18.9. The Labute approximate surface area is 156 Å². The Morgan fingerprint density at radius 3 is 2.56 bits per heavy atom. The van der Waals surface area contributed by atoms with Crippen LogP contribution in [0.2, 0.25) is 0 Å². The first kappa shape index (κ1) is 17.2. The first-order valence-electron chi connectivity index (χ1n) is 8.31. The summed E-state index contributed by atoms with van der Waals surface area (Å²) < 4.78 is 33.0. The number of benzene rings is 2. The predicted octanol–water partition coefficient (Wildman–Crippen LogP) is 3.19. The normalized spacial score (nSPS) is 13.1. The van der Waals surface area contributed by atoms with Crippen LogP contribution < -0.4 is 15.4 Å². The molecule has 0 atom stereocenters. The molecule has 0 spiro atoms. The molecule has 8 heteroatoms. The van der Waals surface area contributed by atoms with Gasteiger partial charge in [0.15, 0.2) is 0 Å². The molecule has 0 unspecified atom stereocenters. The quantitative estimate of drug-likeness (QED) is 0.607. The van der Waals surface area contributed by atoms with Gasteiger partial charge >= 0.3 is 0 Å². The Hall–Kier alpha value is -3.26. The summed E-state index contributed by atoms with van der Waals surface area (Å²) >= 11 is 0. The van der Waals surface area contributed by atoms with E-state index in [2.05, 4.69) is 15.4 Å². The lowest BCUT2D eigenvalue weighted by Gasteiger charge is -2.10. The van der Waals surface area contributed by atoms with E-state index >= 15 is 0 Å². The highest BCUT2D eigenvalue weighted by molar-refractivity contribution is 7.92. The number of furan rings is 1. The molecule has 4 rings (SSSR count). The van der Waals surface area contributed by atoms with Crippen LogP contribution in [0.5, 0.6) is 0 Å². The fourth-order valence-corrected chi connectivity index (χ4v) is 3.95. The molecule has 2 aromatic carbocycles. The molecule has 1 amide bonds. The van der Waals surface area contributed by atoms with Crippen LogP contribution in [-0.2, 0) is 27.8 Å². The number of carbonyl (C=O) groups is 1. The SMILES string of the molecule is O=C1Cc2cc(S(=O)(=O)Nc3ccc(NCc4ccco4)cc3)ccc2N1. The molecule has 27 heavy (non-hydrogen) atoms. The van der Waals surface area contributed by atoms with Gasteiger partial charge in [-0.1, -0.05) is 0 Å². The minimum atomic E-state index is -3.74. The average molecular weight is 383 g/mol. The van der Waals surface area contributed by atoms with Crippen molar-refractivity contribution in [3.8, 4) is 0 Å². The summed E-state index contributed by atoms with van der Waals surface area (Å²) in [6, 6.07) is 15.2. The maximum Gasteiger partial charge on any atom is 0.261 e. The van der Waals surface area contributed by atoms with E-state index in [1.165, 1.54) is 12.1 Å². The minimum absolute atomic E-state index is 0.123. The zero-order valence-corrected chi connectivity index (χ0v) is 15.0. The first-order chi connectivity index (χ1) is 13.0. The van der Waals surface area contributed by atoms with Crippen molar-refractivity contribution in [1.29, 1.82) is 0 Å². The summed E-state index contributed by atoms with van der Waals surface area (Å²) in [6.45, 7) is 0.542. The van der Waals surface area contributed by atoms with E-state index in [4.69, 9.17) is 4.42 Å². The number of fused-ring (bicyclic) bond motifs is 1. The number of hydrogen-bond donors (Lipinski definition) is 3. The van der Waals surface area contributed by atoms with Gasteiger partial charge < -0.3 is 15.1 Å². The molecule has 3 aromatic rings. The lowest BCUT2D eigenvalue weighted by Crippen LogP contribution is -2.13. The fourth-order valence-electron chi connectivity index (χ4n) is 2.85.